The number of aromatic nitrogens is 2. The Morgan fingerprint density at radius 3 is 2.70 bits per heavy atom. The van der Waals surface area contributed by atoms with Crippen LogP contribution in [0, 0.1) is 0 Å². The average Bonchev–Trinajstić information content (AvgIpc) is 2.63. The van der Waals surface area contributed by atoms with Gasteiger partial charge in [0, 0.05) is 45.5 Å². The van der Waals surface area contributed by atoms with E-state index in [2.05, 4.69) is 25.1 Å². The van der Waals surface area contributed by atoms with Gasteiger partial charge in [-0.15, -0.1) is 0 Å². The van der Waals surface area contributed by atoms with Crippen LogP contribution in [0.4, 0.5) is 11.8 Å². The summed E-state index contributed by atoms with van der Waals surface area (Å²) in [6, 6.07) is 0. The van der Waals surface area contributed by atoms with Crippen LogP contribution >= 0.6 is 0 Å². The standard InChI is InChI=1S/C15H23N5O3/c1-2-23-14(21)12-11-17-15(20-7-9-22-10-8-20)18-13(12)19-5-3-16-4-6-19/h11,16H,2-10H2,1H3. The van der Waals surface area contributed by atoms with Crippen LogP contribution in [-0.2, 0) is 9.47 Å². The molecule has 1 N–H and O–H groups in total. The highest BCUT2D eigenvalue weighted by atomic mass is 16.5. The SMILES string of the molecule is CCOC(=O)c1cnc(N2CCOCC2)nc1N1CCNCC1. The molecule has 2 aliphatic heterocycles. The van der Waals surface area contributed by atoms with E-state index in [1.165, 1.54) is 0 Å². The van der Waals surface area contributed by atoms with Gasteiger partial charge in [0.15, 0.2) is 0 Å². The third-order valence-corrected chi connectivity index (χ3v) is 3.96. The van der Waals surface area contributed by atoms with Crippen LogP contribution in [-0.4, -0.2) is 75.0 Å². The first-order chi connectivity index (χ1) is 11.3. The predicted octanol–water partition coefficient (Wildman–Crippen LogP) is -0.100. The molecular formula is C15H23N5O3. The third-order valence-electron chi connectivity index (χ3n) is 3.96. The van der Waals surface area contributed by atoms with Gasteiger partial charge >= 0.3 is 5.97 Å². The van der Waals surface area contributed by atoms with Crippen LogP contribution < -0.4 is 15.1 Å². The Bertz CT molecular complexity index is 542. The van der Waals surface area contributed by atoms with Gasteiger partial charge in [0.25, 0.3) is 0 Å². The fourth-order valence-electron chi connectivity index (χ4n) is 2.75. The molecule has 23 heavy (non-hydrogen) atoms. The summed E-state index contributed by atoms with van der Waals surface area (Å²) < 4.78 is 10.5. The molecule has 3 heterocycles. The minimum absolute atomic E-state index is 0.338. The predicted molar refractivity (Wildman–Crippen MR) is 86.1 cm³/mol. The average molecular weight is 321 g/mol. The molecule has 8 nitrogen and oxygen atoms in total. The van der Waals surface area contributed by atoms with Crippen molar-refractivity contribution in [2.45, 2.75) is 6.92 Å². The Morgan fingerprint density at radius 2 is 2.00 bits per heavy atom. The van der Waals surface area contributed by atoms with Gasteiger partial charge in [-0.25, -0.2) is 9.78 Å². The van der Waals surface area contributed by atoms with Crippen molar-refractivity contribution < 1.29 is 14.3 Å². The molecule has 2 saturated heterocycles. The second-order valence-corrected chi connectivity index (χ2v) is 5.46. The van der Waals surface area contributed by atoms with Gasteiger partial charge in [0.2, 0.25) is 5.95 Å². The largest absolute Gasteiger partial charge is 0.462 e. The topological polar surface area (TPSA) is 79.8 Å². The zero-order chi connectivity index (χ0) is 16.1. The van der Waals surface area contributed by atoms with Crippen molar-refractivity contribution in [3.05, 3.63) is 11.8 Å². The van der Waals surface area contributed by atoms with Crippen molar-refractivity contribution in [2.75, 3.05) is 68.9 Å². The molecule has 0 atom stereocenters. The molecule has 8 heteroatoms. The van der Waals surface area contributed by atoms with E-state index in [1.807, 2.05) is 0 Å². The molecule has 1 aromatic rings. The smallest absolute Gasteiger partial charge is 0.343 e. The van der Waals surface area contributed by atoms with E-state index in [0.29, 0.717) is 37.2 Å². The summed E-state index contributed by atoms with van der Waals surface area (Å²) in [5.41, 5.74) is 0.436. The number of anilines is 2. The molecule has 2 fully saturated rings. The molecule has 0 aromatic carbocycles. The molecule has 126 valence electrons. The number of nitrogens with one attached hydrogen (secondary N) is 1. The fourth-order valence-corrected chi connectivity index (χ4v) is 2.75. The number of esters is 1. The lowest BCUT2D eigenvalue weighted by atomic mass is 10.2. The second kappa shape index (κ2) is 7.56. The number of carbonyl (C=O) groups is 1. The lowest BCUT2D eigenvalue weighted by Crippen LogP contribution is -2.45. The first-order valence-electron chi connectivity index (χ1n) is 8.12. The zero-order valence-corrected chi connectivity index (χ0v) is 13.5. The number of rotatable bonds is 4. The Morgan fingerprint density at radius 1 is 1.26 bits per heavy atom. The lowest BCUT2D eigenvalue weighted by molar-refractivity contribution is 0.0526. The second-order valence-electron chi connectivity index (χ2n) is 5.46. The van der Waals surface area contributed by atoms with E-state index in [9.17, 15) is 4.79 Å². The molecule has 1 aromatic heterocycles. The molecule has 0 spiro atoms. The van der Waals surface area contributed by atoms with Gasteiger partial charge in [-0.1, -0.05) is 0 Å². The van der Waals surface area contributed by atoms with Crippen LogP contribution in [0.15, 0.2) is 6.20 Å². The van der Waals surface area contributed by atoms with Crippen molar-refractivity contribution in [1.82, 2.24) is 15.3 Å². The maximum atomic E-state index is 12.2. The van der Waals surface area contributed by atoms with Gasteiger partial charge in [-0.3, -0.25) is 0 Å². The molecule has 0 aliphatic carbocycles. The van der Waals surface area contributed by atoms with E-state index >= 15 is 0 Å². The number of hydrogen-bond donors (Lipinski definition) is 1. The zero-order valence-electron chi connectivity index (χ0n) is 13.5. The van der Waals surface area contributed by atoms with Crippen LogP contribution in [0.5, 0.6) is 0 Å². The minimum Gasteiger partial charge on any atom is -0.462 e. The van der Waals surface area contributed by atoms with Crippen molar-refractivity contribution in [1.29, 1.82) is 0 Å². The normalized spacial score (nSPS) is 18.8. The van der Waals surface area contributed by atoms with E-state index < -0.39 is 0 Å². The van der Waals surface area contributed by atoms with Gasteiger partial charge in [-0.05, 0) is 6.92 Å². The number of ether oxygens (including phenoxy) is 2. The number of morpholine rings is 1. The molecule has 0 amide bonds. The first kappa shape index (κ1) is 15.9. The number of hydrogen-bond acceptors (Lipinski definition) is 8. The Kier molecular flexibility index (Phi) is 5.24. The molecule has 0 saturated carbocycles. The van der Waals surface area contributed by atoms with Crippen molar-refractivity contribution in [3.8, 4) is 0 Å². The van der Waals surface area contributed by atoms with Crippen molar-refractivity contribution >= 4 is 17.7 Å². The van der Waals surface area contributed by atoms with Gasteiger partial charge < -0.3 is 24.6 Å². The van der Waals surface area contributed by atoms with E-state index in [-0.39, 0.29) is 5.97 Å². The number of piperazine rings is 1. The summed E-state index contributed by atoms with van der Waals surface area (Å²) in [6.45, 7) is 8.38. The van der Waals surface area contributed by atoms with Crippen molar-refractivity contribution in [3.63, 3.8) is 0 Å². The maximum absolute atomic E-state index is 12.2. The van der Waals surface area contributed by atoms with Crippen LogP contribution in [0.25, 0.3) is 0 Å². The quantitative estimate of drug-likeness (QED) is 0.770. The Hall–Kier alpha value is -1.93. The summed E-state index contributed by atoms with van der Waals surface area (Å²) in [7, 11) is 0. The van der Waals surface area contributed by atoms with Crippen molar-refractivity contribution in [2.24, 2.45) is 0 Å². The first-order valence-corrected chi connectivity index (χ1v) is 8.12. The summed E-state index contributed by atoms with van der Waals surface area (Å²) in [5, 5.41) is 3.31. The number of nitrogens with zero attached hydrogens (tertiary/aromatic N) is 4. The van der Waals surface area contributed by atoms with Gasteiger partial charge in [-0.2, -0.15) is 4.98 Å². The highest BCUT2D eigenvalue weighted by molar-refractivity contribution is 5.94. The molecule has 2 aliphatic rings. The maximum Gasteiger partial charge on any atom is 0.343 e. The van der Waals surface area contributed by atoms with E-state index in [0.717, 1.165) is 39.3 Å². The Balaban J connectivity index is 1.90. The highest BCUT2D eigenvalue weighted by Crippen LogP contribution is 2.22. The molecule has 0 unspecified atom stereocenters. The van der Waals surface area contributed by atoms with Gasteiger partial charge in [0.1, 0.15) is 11.4 Å². The minimum atomic E-state index is -0.366. The lowest BCUT2D eigenvalue weighted by Gasteiger charge is -2.31. The van der Waals surface area contributed by atoms with Crippen LogP contribution in [0.2, 0.25) is 0 Å². The highest BCUT2D eigenvalue weighted by Gasteiger charge is 2.24. The monoisotopic (exact) mass is 321 g/mol. The van der Waals surface area contributed by atoms with E-state index in [4.69, 9.17) is 9.47 Å². The van der Waals surface area contributed by atoms with E-state index in [1.54, 1.807) is 13.1 Å². The summed E-state index contributed by atoms with van der Waals surface area (Å²) in [4.78, 5) is 25.5. The molecule has 3 rings (SSSR count). The molecular weight excluding hydrogens is 298 g/mol. The fraction of sp³-hybridized carbons (Fsp3) is 0.667. The Labute approximate surface area is 135 Å². The summed E-state index contributed by atoms with van der Waals surface area (Å²) in [5.74, 6) is 0.950. The van der Waals surface area contributed by atoms with Gasteiger partial charge in [0.05, 0.1) is 19.8 Å². The summed E-state index contributed by atoms with van der Waals surface area (Å²) >= 11 is 0. The van der Waals surface area contributed by atoms with Crippen LogP contribution in [0.1, 0.15) is 17.3 Å². The molecule has 0 radical (unpaired) electrons. The third kappa shape index (κ3) is 3.70. The molecule has 0 bridgehead atoms. The van der Waals surface area contributed by atoms with Crippen LogP contribution in [0.3, 0.4) is 0 Å². The summed E-state index contributed by atoms with van der Waals surface area (Å²) in [6.07, 6.45) is 1.59. The number of carbonyl (C=O) groups excluding carboxylic acids is 1.